The number of aldehydes is 1. The number of hydrogen-bond donors (Lipinski definition) is 0. The number of fused-ring (bicyclic) bond motifs is 1. The van der Waals surface area contributed by atoms with Gasteiger partial charge in [0.15, 0.2) is 6.29 Å². The molecule has 0 atom stereocenters. The molecule has 3 rings (SSSR count). The van der Waals surface area contributed by atoms with Gasteiger partial charge < -0.3 is 0 Å². The van der Waals surface area contributed by atoms with E-state index in [0.717, 1.165) is 21.4 Å². The maximum atomic E-state index is 10.7. The molecule has 0 aliphatic heterocycles. The second-order valence-electron chi connectivity index (χ2n) is 3.79. The van der Waals surface area contributed by atoms with Crippen molar-refractivity contribution < 1.29 is 4.79 Å². The summed E-state index contributed by atoms with van der Waals surface area (Å²) in [6.45, 7) is 0. The van der Waals surface area contributed by atoms with Crippen LogP contribution in [0.3, 0.4) is 0 Å². The highest BCUT2D eigenvalue weighted by Gasteiger charge is 2.26. The van der Waals surface area contributed by atoms with E-state index in [4.69, 9.17) is 11.6 Å². The Morgan fingerprint density at radius 2 is 2.27 bits per heavy atom. The molecule has 1 aliphatic rings. The summed E-state index contributed by atoms with van der Waals surface area (Å²) in [7, 11) is 0. The van der Waals surface area contributed by atoms with Gasteiger partial charge >= 0.3 is 0 Å². The molecule has 0 amide bonds. The SMILES string of the molecule is O=Cc1cc2c(C3CC3)cc(Cl)nc2s1. The fourth-order valence-electron chi connectivity index (χ4n) is 1.82. The van der Waals surface area contributed by atoms with Crippen molar-refractivity contribution in [3.8, 4) is 0 Å². The van der Waals surface area contributed by atoms with Gasteiger partial charge in [-0.3, -0.25) is 4.79 Å². The predicted molar refractivity (Wildman–Crippen MR) is 62.0 cm³/mol. The Morgan fingerprint density at radius 1 is 1.47 bits per heavy atom. The topological polar surface area (TPSA) is 30.0 Å². The maximum absolute atomic E-state index is 10.7. The largest absolute Gasteiger partial charge is 0.297 e. The van der Waals surface area contributed by atoms with Crippen LogP contribution in [-0.2, 0) is 0 Å². The van der Waals surface area contributed by atoms with Crippen molar-refractivity contribution in [3.63, 3.8) is 0 Å². The number of thiophene rings is 1. The zero-order valence-electron chi connectivity index (χ0n) is 7.87. The van der Waals surface area contributed by atoms with Crippen molar-refractivity contribution in [1.82, 2.24) is 4.98 Å². The highest BCUT2D eigenvalue weighted by molar-refractivity contribution is 7.20. The van der Waals surface area contributed by atoms with Gasteiger partial charge in [-0.2, -0.15) is 0 Å². The number of carbonyl (C=O) groups is 1. The molecule has 0 N–H and O–H groups in total. The summed E-state index contributed by atoms with van der Waals surface area (Å²) >= 11 is 7.36. The maximum Gasteiger partial charge on any atom is 0.160 e. The first kappa shape index (κ1) is 9.31. The number of pyridine rings is 1. The summed E-state index contributed by atoms with van der Waals surface area (Å²) < 4.78 is 0. The Balaban J connectivity index is 2.30. The molecule has 4 heteroatoms. The molecule has 0 radical (unpaired) electrons. The summed E-state index contributed by atoms with van der Waals surface area (Å²) in [5.41, 5.74) is 1.26. The van der Waals surface area contributed by atoms with Crippen LogP contribution in [0.5, 0.6) is 0 Å². The molecule has 0 saturated heterocycles. The summed E-state index contributed by atoms with van der Waals surface area (Å²) in [5, 5.41) is 1.64. The Bertz CT molecular complexity index is 545. The monoisotopic (exact) mass is 237 g/mol. The number of carbonyl (C=O) groups excluding carboxylic acids is 1. The van der Waals surface area contributed by atoms with Crippen molar-refractivity contribution in [2.24, 2.45) is 0 Å². The van der Waals surface area contributed by atoms with Gasteiger partial charge in [-0.1, -0.05) is 11.6 Å². The lowest BCUT2D eigenvalue weighted by atomic mass is 10.1. The summed E-state index contributed by atoms with van der Waals surface area (Å²) in [4.78, 5) is 16.6. The molecule has 1 aliphatic carbocycles. The van der Waals surface area contributed by atoms with Crippen molar-refractivity contribution in [2.45, 2.75) is 18.8 Å². The molecule has 2 heterocycles. The number of hydrogen-bond acceptors (Lipinski definition) is 3. The number of halogens is 1. The van der Waals surface area contributed by atoms with E-state index in [1.807, 2.05) is 12.1 Å². The average Bonchev–Trinajstić information content (AvgIpc) is 2.97. The molecule has 1 fully saturated rings. The zero-order chi connectivity index (χ0) is 10.4. The average molecular weight is 238 g/mol. The van der Waals surface area contributed by atoms with Gasteiger partial charge in [-0.05, 0) is 36.5 Å². The fraction of sp³-hybridized carbons (Fsp3) is 0.273. The van der Waals surface area contributed by atoms with Crippen molar-refractivity contribution in [1.29, 1.82) is 0 Å². The molecular weight excluding hydrogens is 230 g/mol. The number of rotatable bonds is 2. The lowest BCUT2D eigenvalue weighted by Crippen LogP contribution is -1.83. The van der Waals surface area contributed by atoms with E-state index in [0.29, 0.717) is 11.1 Å². The standard InChI is InChI=1S/C11H8ClNOS/c12-10-4-8(6-1-2-6)9-3-7(5-14)15-11(9)13-10/h3-6H,1-2H2. The minimum Gasteiger partial charge on any atom is -0.297 e. The van der Waals surface area contributed by atoms with Crippen LogP contribution in [0, 0.1) is 0 Å². The van der Waals surface area contributed by atoms with Crippen LogP contribution in [0.1, 0.15) is 34.0 Å². The van der Waals surface area contributed by atoms with Gasteiger partial charge in [0.25, 0.3) is 0 Å². The van der Waals surface area contributed by atoms with E-state index >= 15 is 0 Å². The van der Waals surface area contributed by atoms with Crippen molar-refractivity contribution in [2.75, 3.05) is 0 Å². The molecule has 15 heavy (non-hydrogen) atoms. The molecule has 0 unspecified atom stereocenters. The van der Waals surface area contributed by atoms with Crippen LogP contribution in [0.2, 0.25) is 5.15 Å². The summed E-state index contributed by atoms with van der Waals surface area (Å²) in [5.74, 6) is 0.627. The predicted octanol–water partition coefficient (Wildman–Crippen LogP) is 3.64. The van der Waals surface area contributed by atoms with Crippen LogP contribution < -0.4 is 0 Å². The van der Waals surface area contributed by atoms with E-state index in [-0.39, 0.29) is 0 Å². The van der Waals surface area contributed by atoms with E-state index in [2.05, 4.69) is 4.98 Å². The van der Waals surface area contributed by atoms with Crippen LogP contribution in [0.4, 0.5) is 0 Å². The second kappa shape index (κ2) is 3.29. The van der Waals surface area contributed by atoms with Gasteiger partial charge in [0.2, 0.25) is 0 Å². The molecule has 1 saturated carbocycles. The number of aromatic nitrogens is 1. The van der Waals surface area contributed by atoms with Gasteiger partial charge in [0.1, 0.15) is 9.98 Å². The molecule has 0 spiro atoms. The smallest absolute Gasteiger partial charge is 0.160 e. The minimum absolute atomic E-state index is 0.531. The minimum atomic E-state index is 0.531. The van der Waals surface area contributed by atoms with E-state index in [1.54, 1.807) is 0 Å². The Kier molecular flexibility index (Phi) is 2.04. The highest BCUT2D eigenvalue weighted by Crippen LogP contribution is 2.44. The first-order chi connectivity index (χ1) is 7.28. The van der Waals surface area contributed by atoms with Crippen LogP contribution in [0.25, 0.3) is 10.2 Å². The van der Waals surface area contributed by atoms with Gasteiger partial charge in [0, 0.05) is 5.39 Å². The quantitative estimate of drug-likeness (QED) is 0.590. The fourth-order valence-corrected chi connectivity index (χ4v) is 2.95. The highest BCUT2D eigenvalue weighted by atomic mass is 35.5. The normalized spacial score (nSPS) is 15.8. The third-order valence-corrected chi connectivity index (χ3v) is 3.81. The van der Waals surface area contributed by atoms with Crippen molar-refractivity contribution >= 4 is 39.4 Å². The van der Waals surface area contributed by atoms with Crippen LogP contribution >= 0.6 is 22.9 Å². The van der Waals surface area contributed by atoms with Crippen molar-refractivity contribution in [3.05, 3.63) is 27.7 Å². The lowest BCUT2D eigenvalue weighted by molar-refractivity contribution is 0.112. The van der Waals surface area contributed by atoms with Gasteiger partial charge in [-0.15, -0.1) is 11.3 Å². The zero-order valence-corrected chi connectivity index (χ0v) is 9.44. The number of nitrogens with zero attached hydrogens (tertiary/aromatic N) is 1. The molecule has 2 aromatic rings. The second-order valence-corrected chi connectivity index (χ2v) is 5.24. The molecule has 2 nitrogen and oxygen atoms in total. The van der Waals surface area contributed by atoms with E-state index in [9.17, 15) is 4.79 Å². The first-order valence-electron chi connectivity index (χ1n) is 4.83. The molecular formula is C11H8ClNOS. The summed E-state index contributed by atoms with van der Waals surface area (Å²) in [6, 6.07) is 3.85. The van der Waals surface area contributed by atoms with Gasteiger partial charge in [0.05, 0.1) is 4.88 Å². The Morgan fingerprint density at radius 3 is 2.93 bits per heavy atom. The van der Waals surface area contributed by atoms with Crippen LogP contribution in [-0.4, -0.2) is 11.3 Å². The van der Waals surface area contributed by atoms with E-state index < -0.39 is 0 Å². The molecule has 0 bridgehead atoms. The molecule has 76 valence electrons. The summed E-state index contributed by atoms with van der Waals surface area (Å²) in [6.07, 6.45) is 3.32. The molecule has 0 aromatic carbocycles. The first-order valence-corrected chi connectivity index (χ1v) is 6.02. The Hall–Kier alpha value is -0.930. The van der Waals surface area contributed by atoms with Crippen LogP contribution in [0.15, 0.2) is 12.1 Å². The van der Waals surface area contributed by atoms with E-state index in [1.165, 1.54) is 29.7 Å². The third kappa shape index (κ3) is 1.56. The molecule has 2 aromatic heterocycles. The third-order valence-electron chi connectivity index (χ3n) is 2.66. The Labute approximate surface area is 95.9 Å². The lowest BCUT2D eigenvalue weighted by Gasteiger charge is -2.00. The van der Waals surface area contributed by atoms with Gasteiger partial charge in [-0.25, -0.2) is 4.98 Å².